The minimum absolute atomic E-state index is 0.239. The van der Waals surface area contributed by atoms with Gasteiger partial charge in [-0.1, -0.05) is 26.8 Å². The lowest BCUT2D eigenvalue weighted by Crippen LogP contribution is -2.12. The number of rotatable bonds is 4. The van der Waals surface area contributed by atoms with Crippen molar-refractivity contribution in [1.82, 2.24) is 9.55 Å². The topological polar surface area (TPSA) is 55.1 Å². The molecular formula is C15H20N2O2. The van der Waals surface area contributed by atoms with Gasteiger partial charge in [0.05, 0.1) is 16.6 Å². The number of para-hydroxylation sites is 1. The van der Waals surface area contributed by atoms with E-state index in [0.29, 0.717) is 5.56 Å². The summed E-state index contributed by atoms with van der Waals surface area (Å²) in [5.74, 6) is 0.325. The standard InChI is InChI=1S/C15H20N2O2/c1-5-10(4)17-13-11(15(18)19)7-6-8-12(13)16-14(17)9(2)3/h6-10H,5H2,1-4H3,(H,18,19). The predicted molar refractivity (Wildman–Crippen MR) is 75.8 cm³/mol. The van der Waals surface area contributed by atoms with Crippen LogP contribution in [0.4, 0.5) is 0 Å². The van der Waals surface area contributed by atoms with Crippen LogP contribution in [0.5, 0.6) is 0 Å². The highest BCUT2D eigenvalue weighted by Crippen LogP contribution is 2.29. The number of carbonyl (C=O) groups is 1. The molecule has 1 atom stereocenters. The SMILES string of the molecule is CCC(C)n1c(C(C)C)nc2cccc(C(=O)O)c21. The Labute approximate surface area is 113 Å². The molecule has 0 bridgehead atoms. The lowest BCUT2D eigenvalue weighted by atomic mass is 10.1. The van der Waals surface area contributed by atoms with Crippen LogP contribution in [0.25, 0.3) is 11.0 Å². The van der Waals surface area contributed by atoms with Crippen LogP contribution in [0, 0.1) is 0 Å². The number of nitrogens with zero attached hydrogens (tertiary/aromatic N) is 2. The van der Waals surface area contributed by atoms with Gasteiger partial charge in [-0.15, -0.1) is 0 Å². The third kappa shape index (κ3) is 2.23. The number of aromatic nitrogens is 2. The molecule has 4 nitrogen and oxygen atoms in total. The predicted octanol–water partition coefficient (Wildman–Crippen LogP) is 3.83. The first kappa shape index (κ1) is 13.6. The molecule has 2 aromatic rings. The molecule has 102 valence electrons. The molecule has 1 unspecified atom stereocenters. The first-order valence-corrected chi connectivity index (χ1v) is 6.71. The lowest BCUT2D eigenvalue weighted by molar-refractivity contribution is 0.0698. The van der Waals surface area contributed by atoms with Crippen LogP contribution in [0.1, 0.15) is 62.3 Å². The second-order valence-electron chi connectivity index (χ2n) is 5.23. The number of carboxylic acid groups (broad SMARTS) is 1. The highest BCUT2D eigenvalue weighted by molar-refractivity contribution is 6.01. The van der Waals surface area contributed by atoms with E-state index in [1.165, 1.54) is 0 Å². The molecule has 0 amide bonds. The maximum atomic E-state index is 11.4. The molecule has 19 heavy (non-hydrogen) atoms. The molecule has 0 aliphatic heterocycles. The van der Waals surface area contributed by atoms with Crippen molar-refractivity contribution in [3.63, 3.8) is 0 Å². The first-order valence-electron chi connectivity index (χ1n) is 6.71. The van der Waals surface area contributed by atoms with Gasteiger partial charge in [-0.2, -0.15) is 0 Å². The second-order valence-corrected chi connectivity index (χ2v) is 5.23. The smallest absolute Gasteiger partial charge is 0.337 e. The van der Waals surface area contributed by atoms with Crippen molar-refractivity contribution in [3.8, 4) is 0 Å². The Morgan fingerprint density at radius 3 is 2.58 bits per heavy atom. The van der Waals surface area contributed by atoms with E-state index in [2.05, 4.69) is 37.2 Å². The molecule has 1 heterocycles. The Morgan fingerprint density at radius 2 is 2.05 bits per heavy atom. The van der Waals surface area contributed by atoms with E-state index in [9.17, 15) is 9.90 Å². The Morgan fingerprint density at radius 1 is 1.37 bits per heavy atom. The van der Waals surface area contributed by atoms with Gasteiger partial charge in [0, 0.05) is 12.0 Å². The average molecular weight is 260 g/mol. The number of benzene rings is 1. The first-order chi connectivity index (χ1) is 8.97. The van der Waals surface area contributed by atoms with Crippen molar-refractivity contribution in [2.24, 2.45) is 0 Å². The molecule has 4 heteroatoms. The minimum Gasteiger partial charge on any atom is -0.478 e. The average Bonchev–Trinajstić information content (AvgIpc) is 2.76. The third-order valence-corrected chi connectivity index (χ3v) is 3.52. The molecule has 1 aromatic heterocycles. The zero-order valence-corrected chi connectivity index (χ0v) is 11.8. The number of imidazole rings is 1. The summed E-state index contributed by atoms with van der Waals surface area (Å²) in [6.45, 7) is 8.37. The fraction of sp³-hybridized carbons (Fsp3) is 0.467. The number of hydrogen-bond donors (Lipinski definition) is 1. The Hall–Kier alpha value is -1.84. The van der Waals surface area contributed by atoms with Gasteiger partial charge in [-0.05, 0) is 25.5 Å². The van der Waals surface area contributed by atoms with E-state index in [1.807, 2.05) is 6.07 Å². The molecule has 2 rings (SSSR count). The van der Waals surface area contributed by atoms with Gasteiger partial charge in [0.25, 0.3) is 0 Å². The third-order valence-electron chi connectivity index (χ3n) is 3.52. The molecule has 0 saturated heterocycles. The van der Waals surface area contributed by atoms with Crippen LogP contribution in [-0.2, 0) is 0 Å². The van der Waals surface area contributed by atoms with Gasteiger partial charge in [0.2, 0.25) is 0 Å². The molecule has 0 saturated carbocycles. The van der Waals surface area contributed by atoms with Gasteiger partial charge < -0.3 is 9.67 Å². The normalized spacial score (nSPS) is 13.1. The zero-order chi connectivity index (χ0) is 14.2. The van der Waals surface area contributed by atoms with Crippen molar-refractivity contribution in [1.29, 1.82) is 0 Å². The summed E-state index contributed by atoms with van der Waals surface area (Å²) in [4.78, 5) is 16.0. The number of hydrogen-bond acceptors (Lipinski definition) is 2. The second kappa shape index (κ2) is 5.03. The van der Waals surface area contributed by atoms with Crippen LogP contribution >= 0.6 is 0 Å². The molecule has 1 aromatic carbocycles. The monoisotopic (exact) mass is 260 g/mol. The fourth-order valence-corrected chi connectivity index (χ4v) is 2.38. The van der Waals surface area contributed by atoms with Gasteiger partial charge >= 0.3 is 5.97 Å². The zero-order valence-electron chi connectivity index (χ0n) is 11.8. The molecule has 0 aliphatic carbocycles. The van der Waals surface area contributed by atoms with E-state index in [0.717, 1.165) is 23.3 Å². The number of carboxylic acids is 1. The van der Waals surface area contributed by atoms with Crippen molar-refractivity contribution in [2.45, 2.75) is 46.1 Å². The highest BCUT2D eigenvalue weighted by atomic mass is 16.4. The van der Waals surface area contributed by atoms with E-state index < -0.39 is 5.97 Å². The van der Waals surface area contributed by atoms with Crippen LogP contribution in [-0.4, -0.2) is 20.6 Å². The Kier molecular flexibility index (Phi) is 3.60. The van der Waals surface area contributed by atoms with Crippen molar-refractivity contribution in [2.75, 3.05) is 0 Å². The molecular weight excluding hydrogens is 240 g/mol. The van der Waals surface area contributed by atoms with Crippen molar-refractivity contribution < 1.29 is 9.90 Å². The van der Waals surface area contributed by atoms with E-state index in [1.54, 1.807) is 12.1 Å². The van der Waals surface area contributed by atoms with Gasteiger partial charge in [0.1, 0.15) is 5.82 Å². The highest BCUT2D eigenvalue weighted by Gasteiger charge is 2.21. The van der Waals surface area contributed by atoms with Crippen LogP contribution in [0.3, 0.4) is 0 Å². The molecule has 0 radical (unpaired) electrons. The van der Waals surface area contributed by atoms with E-state index in [4.69, 9.17) is 0 Å². The molecule has 0 aliphatic rings. The number of aromatic carboxylic acids is 1. The summed E-state index contributed by atoms with van der Waals surface area (Å²) in [6, 6.07) is 5.52. The van der Waals surface area contributed by atoms with Gasteiger partial charge in [-0.3, -0.25) is 0 Å². The summed E-state index contributed by atoms with van der Waals surface area (Å²) < 4.78 is 2.09. The summed E-state index contributed by atoms with van der Waals surface area (Å²) in [7, 11) is 0. The fourth-order valence-electron chi connectivity index (χ4n) is 2.38. The van der Waals surface area contributed by atoms with Gasteiger partial charge in [0.15, 0.2) is 0 Å². The van der Waals surface area contributed by atoms with Crippen molar-refractivity contribution >= 4 is 17.0 Å². The van der Waals surface area contributed by atoms with Crippen LogP contribution < -0.4 is 0 Å². The van der Waals surface area contributed by atoms with E-state index in [-0.39, 0.29) is 12.0 Å². The number of fused-ring (bicyclic) bond motifs is 1. The summed E-state index contributed by atoms with van der Waals surface area (Å²) in [6.07, 6.45) is 0.944. The Bertz CT molecular complexity index is 614. The molecule has 0 fully saturated rings. The van der Waals surface area contributed by atoms with Crippen molar-refractivity contribution in [3.05, 3.63) is 29.6 Å². The maximum Gasteiger partial charge on any atom is 0.337 e. The molecule has 1 N–H and O–H groups in total. The quantitative estimate of drug-likeness (QED) is 0.909. The van der Waals surface area contributed by atoms with Crippen LogP contribution in [0.2, 0.25) is 0 Å². The summed E-state index contributed by atoms with van der Waals surface area (Å²) in [5, 5.41) is 9.37. The van der Waals surface area contributed by atoms with E-state index >= 15 is 0 Å². The molecule has 0 spiro atoms. The lowest BCUT2D eigenvalue weighted by Gasteiger charge is -2.18. The summed E-state index contributed by atoms with van der Waals surface area (Å²) >= 11 is 0. The Balaban J connectivity index is 2.85. The largest absolute Gasteiger partial charge is 0.478 e. The maximum absolute atomic E-state index is 11.4. The van der Waals surface area contributed by atoms with Crippen LogP contribution in [0.15, 0.2) is 18.2 Å². The minimum atomic E-state index is -0.898. The summed E-state index contributed by atoms with van der Waals surface area (Å²) in [5.41, 5.74) is 1.84. The van der Waals surface area contributed by atoms with Gasteiger partial charge in [-0.25, -0.2) is 9.78 Å².